The minimum absolute atomic E-state index is 0.0370. The van der Waals surface area contributed by atoms with Crippen LogP contribution >= 0.6 is 0 Å². The van der Waals surface area contributed by atoms with E-state index in [2.05, 4.69) is 20.4 Å². The quantitative estimate of drug-likeness (QED) is 0.215. The highest BCUT2D eigenvalue weighted by Gasteiger charge is 2.32. The number of benzene rings is 2. The molecule has 1 aliphatic rings. The second-order valence-corrected chi connectivity index (χ2v) is 10.6. The van der Waals surface area contributed by atoms with Gasteiger partial charge in [-0.15, -0.1) is 0 Å². The average molecular weight is 577 g/mol. The number of nitrogens with zero attached hydrogens (tertiary/aromatic N) is 4. The first-order chi connectivity index (χ1) is 19.3. The Morgan fingerprint density at radius 1 is 1.02 bits per heavy atom. The lowest BCUT2D eigenvalue weighted by Gasteiger charge is -2.21. The van der Waals surface area contributed by atoms with Crippen LogP contribution in [-0.4, -0.2) is 37.5 Å². The van der Waals surface area contributed by atoms with E-state index in [-0.39, 0.29) is 40.6 Å². The number of ether oxygens (including phenoxy) is 2. The SMILES string of the molecule is CC(C)(C)OC(=O)N[C@H]1CC[C@@H](n2nc(-c3ccc(Oc4c(F)c(F)cc(F)c4F)cc3F)c3c(N)ncnc32)C1. The van der Waals surface area contributed by atoms with Gasteiger partial charge in [0.1, 0.15) is 35.0 Å². The Bertz CT molecular complexity index is 1630. The zero-order valence-corrected chi connectivity index (χ0v) is 22.1. The molecule has 0 spiro atoms. The number of rotatable bonds is 5. The zero-order valence-electron chi connectivity index (χ0n) is 22.1. The van der Waals surface area contributed by atoms with Gasteiger partial charge in [0.15, 0.2) is 17.3 Å². The van der Waals surface area contributed by atoms with Crippen LogP contribution in [0.25, 0.3) is 22.3 Å². The fourth-order valence-corrected chi connectivity index (χ4v) is 4.73. The molecule has 2 atom stereocenters. The molecule has 14 heteroatoms. The van der Waals surface area contributed by atoms with Gasteiger partial charge in [-0.25, -0.2) is 32.6 Å². The van der Waals surface area contributed by atoms with E-state index in [1.165, 1.54) is 12.4 Å². The van der Waals surface area contributed by atoms with Gasteiger partial charge in [0.2, 0.25) is 17.4 Å². The summed E-state index contributed by atoms with van der Waals surface area (Å²) < 4.78 is 82.5. The van der Waals surface area contributed by atoms with E-state index in [0.29, 0.717) is 24.9 Å². The lowest BCUT2D eigenvalue weighted by atomic mass is 10.1. The predicted molar refractivity (Wildman–Crippen MR) is 138 cm³/mol. The van der Waals surface area contributed by atoms with Crippen molar-refractivity contribution in [1.29, 1.82) is 0 Å². The second kappa shape index (κ2) is 10.5. The molecule has 5 rings (SSSR count). The maximum atomic E-state index is 15.4. The van der Waals surface area contributed by atoms with E-state index >= 15 is 4.39 Å². The van der Waals surface area contributed by atoms with Crippen LogP contribution < -0.4 is 15.8 Å². The van der Waals surface area contributed by atoms with Crippen molar-refractivity contribution in [2.45, 2.75) is 57.7 Å². The van der Waals surface area contributed by atoms with Crippen molar-refractivity contribution in [3.05, 3.63) is 59.7 Å². The van der Waals surface area contributed by atoms with Gasteiger partial charge in [-0.2, -0.15) is 13.9 Å². The van der Waals surface area contributed by atoms with E-state index in [1.807, 2.05) is 0 Å². The van der Waals surface area contributed by atoms with Crippen LogP contribution in [0.2, 0.25) is 0 Å². The maximum Gasteiger partial charge on any atom is 0.407 e. The van der Waals surface area contributed by atoms with Gasteiger partial charge < -0.3 is 20.5 Å². The summed E-state index contributed by atoms with van der Waals surface area (Å²) >= 11 is 0. The van der Waals surface area contributed by atoms with Crippen molar-refractivity contribution in [1.82, 2.24) is 25.1 Å². The third kappa shape index (κ3) is 5.58. The number of amides is 1. The zero-order chi connectivity index (χ0) is 29.6. The van der Waals surface area contributed by atoms with Crippen LogP contribution in [0, 0.1) is 29.1 Å². The lowest BCUT2D eigenvalue weighted by molar-refractivity contribution is 0.0504. The van der Waals surface area contributed by atoms with Crippen LogP contribution in [0.15, 0.2) is 30.6 Å². The van der Waals surface area contributed by atoms with Gasteiger partial charge in [-0.05, 0) is 52.2 Å². The van der Waals surface area contributed by atoms with Crippen LogP contribution in [0.3, 0.4) is 0 Å². The van der Waals surface area contributed by atoms with E-state index in [4.69, 9.17) is 15.2 Å². The molecule has 4 aromatic rings. The summed E-state index contributed by atoms with van der Waals surface area (Å²) in [4.78, 5) is 20.5. The minimum atomic E-state index is -1.76. The van der Waals surface area contributed by atoms with Gasteiger partial charge in [0.05, 0.1) is 11.4 Å². The van der Waals surface area contributed by atoms with Crippen molar-refractivity contribution < 1.29 is 36.2 Å². The molecule has 1 fully saturated rings. The summed E-state index contributed by atoms with van der Waals surface area (Å²) in [5.74, 6) is -9.52. The molecule has 1 amide bonds. The highest BCUT2D eigenvalue weighted by atomic mass is 19.2. The van der Waals surface area contributed by atoms with E-state index in [1.54, 1.807) is 25.5 Å². The minimum Gasteiger partial charge on any atom is -0.451 e. The second-order valence-electron chi connectivity index (χ2n) is 10.6. The molecule has 216 valence electrons. The fourth-order valence-electron chi connectivity index (χ4n) is 4.73. The molecule has 1 aliphatic carbocycles. The van der Waals surface area contributed by atoms with Gasteiger partial charge in [0.25, 0.3) is 0 Å². The highest BCUT2D eigenvalue weighted by Crippen LogP contribution is 2.39. The summed E-state index contributed by atoms with van der Waals surface area (Å²) in [6, 6.07) is 2.78. The van der Waals surface area contributed by atoms with E-state index in [0.717, 1.165) is 12.1 Å². The summed E-state index contributed by atoms with van der Waals surface area (Å²) in [5.41, 5.74) is 5.85. The van der Waals surface area contributed by atoms with Crippen LogP contribution in [0.1, 0.15) is 46.1 Å². The van der Waals surface area contributed by atoms with Crippen molar-refractivity contribution in [3.63, 3.8) is 0 Å². The molecule has 0 saturated heterocycles. The molecular formula is C27H25F5N6O3. The Morgan fingerprint density at radius 2 is 1.73 bits per heavy atom. The number of fused-ring (bicyclic) bond motifs is 1. The highest BCUT2D eigenvalue weighted by molar-refractivity contribution is 5.98. The number of hydrogen-bond donors (Lipinski definition) is 2. The van der Waals surface area contributed by atoms with Crippen LogP contribution in [0.4, 0.5) is 32.6 Å². The molecule has 0 unspecified atom stereocenters. The predicted octanol–water partition coefficient (Wildman–Crippen LogP) is 6.18. The lowest BCUT2D eigenvalue weighted by Crippen LogP contribution is -2.38. The largest absolute Gasteiger partial charge is 0.451 e. The monoisotopic (exact) mass is 576 g/mol. The van der Waals surface area contributed by atoms with Crippen molar-refractivity contribution in [2.75, 3.05) is 5.73 Å². The van der Waals surface area contributed by atoms with Crippen LogP contribution in [-0.2, 0) is 4.74 Å². The molecule has 2 aromatic carbocycles. The number of alkyl carbamates (subject to hydrolysis) is 1. The first-order valence-corrected chi connectivity index (χ1v) is 12.6. The third-order valence-electron chi connectivity index (χ3n) is 6.48. The Hall–Kier alpha value is -4.49. The number of nitrogen functional groups attached to an aromatic ring is 1. The fraction of sp³-hybridized carbons (Fsp3) is 0.333. The van der Waals surface area contributed by atoms with Crippen molar-refractivity contribution in [3.8, 4) is 22.8 Å². The van der Waals surface area contributed by atoms with Gasteiger partial charge in [-0.1, -0.05) is 0 Å². The van der Waals surface area contributed by atoms with E-state index < -0.39 is 52.3 Å². The molecule has 2 aromatic heterocycles. The molecule has 2 heterocycles. The Kier molecular flexibility index (Phi) is 7.17. The Morgan fingerprint density at radius 3 is 2.39 bits per heavy atom. The first kappa shape index (κ1) is 28.1. The molecule has 0 aliphatic heterocycles. The molecular weight excluding hydrogens is 551 g/mol. The molecule has 0 radical (unpaired) electrons. The smallest absolute Gasteiger partial charge is 0.407 e. The number of hydrogen-bond acceptors (Lipinski definition) is 7. The number of carbonyl (C=O) groups excluding carboxylic acids is 1. The van der Waals surface area contributed by atoms with Gasteiger partial charge >= 0.3 is 6.09 Å². The Balaban J connectivity index is 1.45. The number of nitrogens with one attached hydrogen (secondary N) is 1. The topological polar surface area (TPSA) is 117 Å². The molecule has 1 saturated carbocycles. The molecule has 41 heavy (non-hydrogen) atoms. The maximum absolute atomic E-state index is 15.4. The first-order valence-electron chi connectivity index (χ1n) is 12.6. The number of aromatic nitrogens is 4. The summed E-state index contributed by atoms with van der Waals surface area (Å²) in [6.45, 7) is 5.30. The van der Waals surface area contributed by atoms with Crippen molar-refractivity contribution in [2.24, 2.45) is 0 Å². The molecule has 3 N–H and O–H groups in total. The van der Waals surface area contributed by atoms with Crippen molar-refractivity contribution >= 4 is 22.9 Å². The van der Waals surface area contributed by atoms with Gasteiger partial charge in [0, 0.05) is 23.7 Å². The van der Waals surface area contributed by atoms with Crippen LogP contribution in [0.5, 0.6) is 11.5 Å². The number of nitrogens with two attached hydrogens (primary N) is 1. The summed E-state index contributed by atoms with van der Waals surface area (Å²) in [6.07, 6.45) is 2.47. The summed E-state index contributed by atoms with van der Waals surface area (Å²) in [5, 5.41) is 7.71. The van der Waals surface area contributed by atoms with Gasteiger partial charge in [-0.3, -0.25) is 0 Å². The third-order valence-corrected chi connectivity index (χ3v) is 6.48. The summed E-state index contributed by atoms with van der Waals surface area (Å²) in [7, 11) is 0. The standard InChI is InChI=1S/C27H25F5N6O3/c1-27(2,3)41-26(39)36-12-4-5-13(8-12)38-25-19(24(33)34-11-35-25)22(37-38)15-7-6-14(9-16(15)28)40-23-20(31)17(29)10-18(30)21(23)32/h6-7,9-13H,4-5,8H2,1-3H3,(H,36,39)(H2,33,34,35)/t12-,13+/m0/s1. The van der Waals surface area contributed by atoms with E-state index in [9.17, 15) is 22.4 Å². The molecule has 0 bridgehead atoms. The number of halogens is 5. The number of anilines is 1. The number of carbonyl (C=O) groups is 1. The normalized spacial score (nSPS) is 17.2. The Labute approximate surface area is 230 Å². The average Bonchev–Trinajstić information content (AvgIpc) is 3.49. The molecule has 9 nitrogen and oxygen atoms in total.